The third-order valence-electron chi connectivity index (χ3n) is 1.36. The quantitative estimate of drug-likeness (QED) is 0.630. The van der Waals surface area contributed by atoms with Crippen LogP contribution in [0.5, 0.6) is 0 Å². The van der Waals surface area contributed by atoms with Crippen LogP contribution in [-0.2, 0) is 16.1 Å². The first kappa shape index (κ1) is 8.71. The van der Waals surface area contributed by atoms with Gasteiger partial charge in [0.2, 0.25) is 0 Å². The molecule has 0 aliphatic heterocycles. The highest BCUT2D eigenvalue weighted by molar-refractivity contribution is 5.65. The van der Waals surface area contributed by atoms with Gasteiger partial charge in [0.1, 0.15) is 12.4 Å². The van der Waals surface area contributed by atoms with Gasteiger partial charge in [-0.1, -0.05) is 12.1 Å². The second kappa shape index (κ2) is 3.85. The molecule has 0 radical (unpaired) electrons. The predicted molar refractivity (Wildman–Crippen MR) is 41.9 cm³/mol. The lowest BCUT2D eigenvalue weighted by atomic mass is 10.2. The lowest BCUT2D eigenvalue weighted by Gasteiger charge is -2.00. The zero-order chi connectivity index (χ0) is 8.97. The van der Waals surface area contributed by atoms with Gasteiger partial charge >= 0.3 is 5.97 Å². The normalized spacial score (nSPS) is 9.50. The summed E-state index contributed by atoms with van der Waals surface area (Å²) in [4.78, 5) is 10.4. The zero-order valence-corrected chi connectivity index (χ0v) is 6.71. The Morgan fingerprint density at radius 1 is 1.42 bits per heavy atom. The second-order valence-corrected chi connectivity index (χ2v) is 2.41. The van der Waals surface area contributed by atoms with E-state index in [0.29, 0.717) is 0 Å². The molecule has 0 aliphatic carbocycles. The molecule has 2 nitrogen and oxygen atoms in total. The van der Waals surface area contributed by atoms with Gasteiger partial charge in [-0.05, 0) is 17.7 Å². The Balaban J connectivity index is 2.53. The summed E-state index contributed by atoms with van der Waals surface area (Å²) in [6, 6.07) is 5.83. The predicted octanol–water partition coefficient (Wildman–Crippen LogP) is 1.89. The van der Waals surface area contributed by atoms with Crippen LogP contribution in [0.1, 0.15) is 12.5 Å². The number of halogens is 1. The maximum atomic E-state index is 12.4. The number of carbonyl (C=O) groups excluding carboxylic acids is 1. The molecule has 0 saturated heterocycles. The Hall–Kier alpha value is -1.38. The number of hydrogen-bond acceptors (Lipinski definition) is 2. The van der Waals surface area contributed by atoms with Gasteiger partial charge in [0.25, 0.3) is 0 Å². The molecule has 1 aromatic rings. The third kappa shape index (κ3) is 2.70. The SMILES string of the molecule is CC(=O)OCc1ccc(F)cc1. The minimum absolute atomic E-state index is 0.204. The van der Waals surface area contributed by atoms with Crippen molar-refractivity contribution < 1.29 is 13.9 Å². The minimum Gasteiger partial charge on any atom is -0.461 e. The molecule has 0 aliphatic rings. The zero-order valence-electron chi connectivity index (χ0n) is 6.71. The minimum atomic E-state index is -0.334. The molecule has 0 atom stereocenters. The molecule has 0 spiro atoms. The fraction of sp³-hybridized carbons (Fsp3) is 0.222. The lowest BCUT2D eigenvalue weighted by Crippen LogP contribution is -1.98. The van der Waals surface area contributed by atoms with Crippen molar-refractivity contribution in [3.05, 3.63) is 35.6 Å². The summed E-state index contributed by atoms with van der Waals surface area (Å²) < 4.78 is 17.1. The van der Waals surface area contributed by atoms with Gasteiger partial charge < -0.3 is 4.74 Å². The van der Waals surface area contributed by atoms with Gasteiger partial charge in [-0.25, -0.2) is 4.39 Å². The monoisotopic (exact) mass is 168 g/mol. The number of ether oxygens (including phenoxy) is 1. The Morgan fingerprint density at radius 3 is 2.50 bits per heavy atom. The van der Waals surface area contributed by atoms with E-state index in [4.69, 9.17) is 4.74 Å². The molecule has 0 N–H and O–H groups in total. The molecule has 0 aromatic heterocycles. The van der Waals surface area contributed by atoms with Gasteiger partial charge in [0.05, 0.1) is 0 Å². The van der Waals surface area contributed by atoms with Crippen LogP contribution in [0.3, 0.4) is 0 Å². The smallest absolute Gasteiger partial charge is 0.302 e. The molecule has 3 heteroatoms. The van der Waals surface area contributed by atoms with Crippen LogP contribution in [0.25, 0.3) is 0 Å². The van der Waals surface area contributed by atoms with E-state index in [-0.39, 0.29) is 18.4 Å². The van der Waals surface area contributed by atoms with E-state index in [0.717, 1.165) is 5.56 Å². The number of esters is 1. The summed E-state index contributed by atoms with van der Waals surface area (Å²) in [5, 5.41) is 0. The summed E-state index contributed by atoms with van der Waals surface area (Å²) in [5.41, 5.74) is 0.784. The summed E-state index contributed by atoms with van der Waals surface area (Å²) in [6.07, 6.45) is 0. The molecule has 1 aromatic carbocycles. The van der Waals surface area contributed by atoms with Crippen LogP contribution in [-0.4, -0.2) is 5.97 Å². The summed E-state index contributed by atoms with van der Waals surface area (Å²) in [7, 11) is 0. The first-order valence-electron chi connectivity index (χ1n) is 3.56. The standard InChI is InChI=1S/C9H9FO2/c1-7(11)12-6-8-2-4-9(10)5-3-8/h2-5H,6H2,1H3. The number of rotatable bonds is 2. The highest BCUT2D eigenvalue weighted by atomic mass is 19.1. The van der Waals surface area contributed by atoms with E-state index in [1.807, 2.05) is 0 Å². The van der Waals surface area contributed by atoms with Crippen molar-refractivity contribution in [3.8, 4) is 0 Å². The topological polar surface area (TPSA) is 26.3 Å². The summed E-state index contributed by atoms with van der Waals surface area (Å²) in [5.74, 6) is -0.624. The van der Waals surface area contributed by atoms with Gasteiger partial charge in [-0.2, -0.15) is 0 Å². The van der Waals surface area contributed by atoms with E-state index in [1.165, 1.54) is 19.1 Å². The van der Waals surface area contributed by atoms with E-state index >= 15 is 0 Å². The van der Waals surface area contributed by atoms with Crippen LogP contribution in [0, 0.1) is 5.82 Å². The molecular weight excluding hydrogens is 159 g/mol. The van der Waals surface area contributed by atoms with Gasteiger partial charge in [-0.3, -0.25) is 4.79 Å². The number of carbonyl (C=O) groups is 1. The highest BCUT2D eigenvalue weighted by Crippen LogP contribution is 2.03. The Labute approximate surface area is 70.0 Å². The van der Waals surface area contributed by atoms with Gasteiger partial charge in [0.15, 0.2) is 0 Å². The Morgan fingerprint density at radius 2 is 2.00 bits per heavy atom. The molecule has 0 fully saturated rings. The second-order valence-electron chi connectivity index (χ2n) is 2.41. The Bertz CT molecular complexity index is 266. The molecule has 64 valence electrons. The fourth-order valence-corrected chi connectivity index (χ4v) is 0.766. The molecule has 0 unspecified atom stereocenters. The molecule has 1 rings (SSSR count). The van der Waals surface area contributed by atoms with E-state index in [9.17, 15) is 9.18 Å². The highest BCUT2D eigenvalue weighted by Gasteiger charge is 1.95. The summed E-state index contributed by atoms with van der Waals surface area (Å²) in [6.45, 7) is 1.54. The number of hydrogen-bond donors (Lipinski definition) is 0. The van der Waals surface area contributed by atoms with Crippen LogP contribution in [0.4, 0.5) is 4.39 Å². The van der Waals surface area contributed by atoms with Crippen molar-refractivity contribution in [3.63, 3.8) is 0 Å². The van der Waals surface area contributed by atoms with Crippen molar-refractivity contribution in [2.24, 2.45) is 0 Å². The molecule has 12 heavy (non-hydrogen) atoms. The fourth-order valence-electron chi connectivity index (χ4n) is 0.766. The molecule has 0 bridgehead atoms. The summed E-state index contributed by atoms with van der Waals surface area (Å²) >= 11 is 0. The molecule has 0 heterocycles. The molecule has 0 saturated carbocycles. The first-order chi connectivity index (χ1) is 5.68. The van der Waals surface area contributed by atoms with Crippen LogP contribution in [0.15, 0.2) is 24.3 Å². The number of benzene rings is 1. The Kier molecular flexibility index (Phi) is 2.80. The van der Waals surface area contributed by atoms with Gasteiger partial charge in [0, 0.05) is 6.92 Å². The van der Waals surface area contributed by atoms with Crippen molar-refractivity contribution in [2.75, 3.05) is 0 Å². The van der Waals surface area contributed by atoms with E-state index in [2.05, 4.69) is 0 Å². The van der Waals surface area contributed by atoms with Crippen LogP contribution >= 0.6 is 0 Å². The van der Waals surface area contributed by atoms with Crippen molar-refractivity contribution >= 4 is 5.97 Å². The average molecular weight is 168 g/mol. The average Bonchev–Trinajstić information content (AvgIpc) is 2.03. The van der Waals surface area contributed by atoms with Crippen molar-refractivity contribution in [1.82, 2.24) is 0 Å². The van der Waals surface area contributed by atoms with Crippen molar-refractivity contribution in [2.45, 2.75) is 13.5 Å². The van der Waals surface area contributed by atoms with Crippen molar-refractivity contribution in [1.29, 1.82) is 0 Å². The largest absolute Gasteiger partial charge is 0.461 e. The van der Waals surface area contributed by atoms with Crippen LogP contribution in [0.2, 0.25) is 0 Å². The van der Waals surface area contributed by atoms with E-state index in [1.54, 1.807) is 12.1 Å². The third-order valence-corrected chi connectivity index (χ3v) is 1.36. The lowest BCUT2D eigenvalue weighted by molar-refractivity contribution is -0.142. The van der Waals surface area contributed by atoms with Gasteiger partial charge in [-0.15, -0.1) is 0 Å². The van der Waals surface area contributed by atoms with E-state index < -0.39 is 0 Å². The maximum absolute atomic E-state index is 12.4. The molecular formula is C9H9FO2. The first-order valence-corrected chi connectivity index (χ1v) is 3.56. The van der Waals surface area contributed by atoms with Crippen LogP contribution < -0.4 is 0 Å². The maximum Gasteiger partial charge on any atom is 0.302 e. The molecule has 0 amide bonds.